The van der Waals surface area contributed by atoms with Crippen molar-refractivity contribution in [2.24, 2.45) is 5.41 Å². The topological polar surface area (TPSA) is 12.0 Å². The van der Waals surface area contributed by atoms with E-state index in [4.69, 9.17) is 0 Å². The first-order valence-corrected chi connectivity index (χ1v) is 8.41. The maximum Gasteiger partial charge on any atom is 0.00684 e. The number of hydrogen-bond donors (Lipinski definition) is 1. The molecule has 0 saturated heterocycles. The highest BCUT2D eigenvalue weighted by Gasteiger charge is 2.30. The molecule has 1 aliphatic carbocycles. The Morgan fingerprint density at radius 1 is 1.10 bits per heavy atom. The molecule has 1 heteroatoms. The van der Waals surface area contributed by atoms with Crippen LogP contribution in [0.1, 0.15) is 70.4 Å². The van der Waals surface area contributed by atoms with Gasteiger partial charge in [0.2, 0.25) is 0 Å². The van der Waals surface area contributed by atoms with E-state index in [-0.39, 0.29) is 0 Å². The molecule has 0 spiro atoms. The fourth-order valence-corrected chi connectivity index (χ4v) is 2.91. The minimum Gasteiger partial charge on any atom is -0.313 e. The van der Waals surface area contributed by atoms with E-state index in [1.54, 1.807) is 0 Å². The first kappa shape index (κ1) is 15.6. The van der Waals surface area contributed by atoms with E-state index in [1.165, 1.54) is 49.8 Å². The fourth-order valence-electron chi connectivity index (χ4n) is 2.91. The Kier molecular flexibility index (Phi) is 5.26. The molecule has 1 nitrogen and oxygen atoms in total. The number of nitrogens with one attached hydrogen (secondary N) is 1. The summed E-state index contributed by atoms with van der Waals surface area (Å²) in [6.07, 6.45) is 6.49. The Bertz CT molecular complexity index is 396. The van der Waals surface area contributed by atoms with E-state index >= 15 is 0 Å². The van der Waals surface area contributed by atoms with Crippen LogP contribution in [0.3, 0.4) is 0 Å². The molecule has 1 N–H and O–H groups in total. The van der Waals surface area contributed by atoms with Gasteiger partial charge in [0, 0.05) is 12.6 Å². The van der Waals surface area contributed by atoms with Crippen molar-refractivity contribution in [3.63, 3.8) is 0 Å². The molecule has 1 saturated carbocycles. The second-order valence-corrected chi connectivity index (χ2v) is 6.94. The third-order valence-electron chi connectivity index (χ3n) is 5.07. The van der Waals surface area contributed by atoms with Crippen molar-refractivity contribution in [3.8, 4) is 0 Å². The predicted molar refractivity (Wildman–Crippen MR) is 88.3 cm³/mol. The molecular formula is C19H31N. The van der Waals surface area contributed by atoms with Gasteiger partial charge in [-0.25, -0.2) is 0 Å². The predicted octanol–water partition coefficient (Wildman–Crippen LogP) is 4.91. The highest BCUT2D eigenvalue weighted by Crippen LogP contribution is 2.32. The molecule has 1 fully saturated rings. The highest BCUT2D eigenvalue weighted by atomic mass is 15.0. The molecule has 0 heterocycles. The Balaban J connectivity index is 2.01. The van der Waals surface area contributed by atoms with Gasteiger partial charge in [0.25, 0.3) is 0 Å². The van der Waals surface area contributed by atoms with Gasteiger partial charge in [0.05, 0.1) is 0 Å². The minimum absolute atomic E-state index is 0.432. The molecule has 0 aliphatic heterocycles. The molecule has 1 aromatic rings. The van der Waals surface area contributed by atoms with Gasteiger partial charge < -0.3 is 5.32 Å². The van der Waals surface area contributed by atoms with Gasteiger partial charge in [0.1, 0.15) is 0 Å². The minimum atomic E-state index is 0.432. The van der Waals surface area contributed by atoms with Crippen LogP contribution in [-0.4, -0.2) is 12.6 Å². The molecule has 1 aromatic carbocycles. The van der Waals surface area contributed by atoms with Crippen LogP contribution in [0.5, 0.6) is 0 Å². The van der Waals surface area contributed by atoms with Crippen molar-refractivity contribution < 1.29 is 0 Å². The summed E-state index contributed by atoms with van der Waals surface area (Å²) < 4.78 is 0. The van der Waals surface area contributed by atoms with Crippen molar-refractivity contribution in [3.05, 3.63) is 35.4 Å². The summed E-state index contributed by atoms with van der Waals surface area (Å²) in [5, 5.41) is 3.75. The molecule has 2 rings (SSSR count). The van der Waals surface area contributed by atoms with Gasteiger partial charge in [0.15, 0.2) is 0 Å². The summed E-state index contributed by atoms with van der Waals surface area (Å²) in [4.78, 5) is 0. The second-order valence-electron chi connectivity index (χ2n) is 6.94. The van der Waals surface area contributed by atoms with Gasteiger partial charge in [-0.05, 0) is 54.6 Å². The smallest absolute Gasteiger partial charge is 0.00684 e. The lowest BCUT2D eigenvalue weighted by molar-refractivity contribution is 0.245. The fraction of sp³-hybridized carbons (Fsp3) is 0.684. The van der Waals surface area contributed by atoms with Gasteiger partial charge >= 0.3 is 0 Å². The highest BCUT2D eigenvalue weighted by molar-refractivity contribution is 5.25. The van der Waals surface area contributed by atoms with Crippen molar-refractivity contribution in [1.29, 1.82) is 0 Å². The summed E-state index contributed by atoms with van der Waals surface area (Å²) in [6, 6.07) is 10.1. The Morgan fingerprint density at radius 3 is 2.15 bits per heavy atom. The SMILES string of the molecule is CCC(CC)(CNC1CC1)Cc1ccc(C(C)C)cc1. The van der Waals surface area contributed by atoms with E-state index in [1.807, 2.05) is 0 Å². The lowest BCUT2D eigenvalue weighted by Gasteiger charge is -2.32. The van der Waals surface area contributed by atoms with E-state index in [2.05, 4.69) is 57.3 Å². The van der Waals surface area contributed by atoms with Crippen molar-refractivity contribution in [2.45, 2.75) is 71.8 Å². The molecule has 0 unspecified atom stereocenters. The van der Waals surface area contributed by atoms with Gasteiger partial charge in [-0.1, -0.05) is 52.0 Å². The van der Waals surface area contributed by atoms with Gasteiger partial charge in [-0.2, -0.15) is 0 Å². The molecule has 0 atom stereocenters. The molecule has 20 heavy (non-hydrogen) atoms. The molecule has 0 amide bonds. The zero-order valence-electron chi connectivity index (χ0n) is 13.7. The molecule has 0 aromatic heterocycles. The third kappa shape index (κ3) is 4.09. The van der Waals surface area contributed by atoms with Crippen molar-refractivity contribution >= 4 is 0 Å². The largest absolute Gasteiger partial charge is 0.313 e. The Hall–Kier alpha value is -0.820. The maximum atomic E-state index is 3.75. The lowest BCUT2D eigenvalue weighted by atomic mass is 9.76. The second kappa shape index (κ2) is 6.76. The molecule has 0 radical (unpaired) electrons. The van der Waals surface area contributed by atoms with Crippen LogP contribution in [0.25, 0.3) is 0 Å². The maximum absolute atomic E-state index is 3.75. The summed E-state index contributed by atoms with van der Waals surface area (Å²) >= 11 is 0. The third-order valence-corrected chi connectivity index (χ3v) is 5.07. The first-order chi connectivity index (χ1) is 9.58. The number of benzene rings is 1. The molecular weight excluding hydrogens is 242 g/mol. The average Bonchev–Trinajstić information content (AvgIpc) is 3.28. The van der Waals surface area contributed by atoms with E-state index in [0.29, 0.717) is 11.3 Å². The molecule has 1 aliphatic rings. The summed E-state index contributed by atoms with van der Waals surface area (Å²) in [5.41, 5.74) is 3.38. The van der Waals surface area contributed by atoms with E-state index in [0.717, 1.165) is 6.04 Å². The van der Waals surface area contributed by atoms with E-state index in [9.17, 15) is 0 Å². The summed E-state index contributed by atoms with van der Waals surface area (Å²) in [7, 11) is 0. The van der Waals surface area contributed by atoms with Crippen LogP contribution in [0.2, 0.25) is 0 Å². The average molecular weight is 273 g/mol. The number of hydrogen-bond acceptors (Lipinski definition) is 1. The van der Waals surface area contributed by atoms with Crippen LogP contribution in [0.15, 0.2) is 24.3 Å². The lowest BCUT2D eigenvalue weighted by Crippen LogP contribution is -2.36. The van der Waals surface area contributed by atoms with Crippen LogP contribution in [0.4, 0.5) is 0 Å². The Labute approximate surface area is 125 Å². The monoisotopic (exact) mass is 273 g/mol. The number of rotatable bonds is 8. The van der Waals surface area contributed by atoms with Gasteiger partial charge in [-0.3, -0.25) is 0 Å². The van der Waals surface area contributed by atoms with Gasteiger partial charge in [-0.15, -0.1) is 0 Å². The zero-order chi connectivity index (χ0) is 14.6. The van der Waals surface area contributed by atoms with Crippen LogP contribution in [0, 0.1) is 5.41 Å². The first-order valence-electron chi connectivity index (χ1n) is 8.41. The standard InChI is InChI=1S/C19H31N/c1-5-19(6-2,14-20-18-11-12-18)13-16-7-9-17(10-8-16)15(3)4/h7-10,15,18,20H,5-6,11-14H2,1-4H3. The van der Waals surface area contributed by atoms with Crippen LogP contribution in [-0.2, 0) is 6.42 Å². The molecule has 112 valence electrons. The van der Waals surface area contributed by atoms with Crippen LogP contribution < -0.4 is 5.32 Å². The summed E-state index contributed by atoms with van der Waals surface area (Å²) in [5.74, 6) is 0.627. The van der Waals surface area contributed by atoms with Crippen molar-refractivity contribution in [2.75, 3.05) is 6.54 Å². The zero-order valence-corrected chi connectivity index (χ0v) is 13.7. The van der Waals surface area contributed by atoms with Crippen molar-refractivity contribution in [1.82, 2.24) is 5.32 Å². The van der Waals surface area contributed by atoms with E-state index < -0.39 is 0 Å². The quantitative estimate of drug-likeness (QED) is 0.709. The van der Waals surface area contributed by atoms with Crippen LogP contribution >= 0.6 is 0 Å². The normalized spacial score (nSPS) is 15.8. The molecule has 0 bridgehead atoms. The summed E-state index contributed by atoms with van der Waals surface area (Å²) in [6.45, 7) is 10.4. The Morgan fingerprint density at radius 2 is 1.70 bits per heavy atom.